The summed E-state index contributed by atoms with van der Waals surface area (Å²) in [6, 6.07) is 9.95. The molecule has 1 aromatic heterocycles. The number of fused-ring (bicyclic) bond motifs is 1. The maximum absolute atomic E-state index is 12.4. The fourth-order valence-electron chi connectivity index (χ4n) is 2.87. The van der Waals surface area contributed by atoms with E-state index in [1.807, 2.05) is 37.3 Å². The van der Waals surface area contributed by atoms with Crippen molar-refractivity contribution in [1.82, 2.24) is 5.32 Å². The van der Waals surface area contributed by atoms with E-state index in [0.29, 0.717) is 19.1 Å². The third kappa shape index (κ3) is 3.90. The first-order valence-corrected chi connectivity index (χ1v) is 9.15. The molecule has 0 spiro atoms. The van der Waals surface area contributed by atoms with E-state index in [1.54, 1.807) is 0 Å². The lowest BCUT2D eigenvalue weighted by Crippen LogP contribution is -2.32. The molecular formula is C19H23NO3S. The zero-order valence-electron chi connectivity index (χ0n) is 14.3. The van der Waals surface area contributed by atoms with Crippen LogP contribution in [0.3, 0.4) is 0 Å². The Morgan fingerprint density at radius 2 is 1.88 bits per heavy atom. The molecule has 0 saturated heterocycles. The van der Waals surface area contributed by atoms with Crippen molar-refractivity contribution in [2.75, 3.05) is 13.2 Å². The maximum atomic E-state index is 12.4. The van der Waals surface area contributed by atoms with Crippen molar-refractivity contribution >= 4 is 17.2 Å². The van der Waals surface area contributed by atoms with Crippen molar-refractivity contribution in [2.24, 2.45) is 5.92 Å². The van der Waals surface area contributed by atoms with Crippen LogP contribution in [0.5, 0.6) is 11.5 Å². The molecule has 1 N–H and O–H groups in total. The van der Waals surface area contributed by atoms with Crippen LogP contribution in [-0.2, 0) is 0 Å². The molecule has 1 atom stereocenters. The highest BCUT2D eigenvalue weighted by atomic mass is 32.1. The first-order valence-electron chi connectivity index (χ1n) is 8.33. The number of amides is 1. The second kappa shape index (κ2) is 7.26. The Labute approximate surface area is 146 Å². The van der Waals surface area contributed by atoms with Gasteiger partial charge in [-0.15, -0.1) is 11.3 Å². The van der Waals surface area contributed by atoms with Crippen molar-refractivity contribution in [2.45, 2.75) is 33.2 Å². The number of carbonyl (C=O) groups excluding carboxylic acids is 1. The molecule has 0 unspecified atom stereocenters. The molecule has 0 bridgehead atoms. The Balaban J connectivity index is 1.72. The van der Waals surface area contributed by atoms with Crippen LogP contribution >= 0.6 is 11.3 Å². The van der Waals surface area contributed by atoms with Crippen LogP contribution < -0.4 is 14.8 Å². The van der Waals surface area contributed by atoms with Gasteiger partial charge in [0.05, 0.1) is 4.88 Å². The predicted octanol–water partition coefficient (Wildman–Crippen LogP) is 4.35. The van der Waals surface area contributed by atoms with Gasteiger partial charge in [0.1, 0.15) is 13.2 Å². The van der Waals surface area contributed by atoms with Crippen molar-refractivity contribution in [3.8, 4) is 21.9 Å². The molecular weight excluding hydrogens is 322 g/mol. The van der Waals surface area contributed by atoms with Gasteiger partial charge in [0, 0.05) is 10.9 Å². The number of benzene rings is 1. The summed E-state index contributed by atoms with van der Waals surface area (Å²) in [7, 11) is 0. The minimum Gasteiger partial charge on any atom is -0.486 e. The summed E-state index contributed by atoms with van der Waals surface area (Å²) in [5.74, 6) is 2.11. The molecule has 0 saturated carbocycles. The molecule has 1 aromatic carbocycles. The molecule has 0 radical (unpaired) electrons. The van der Waals surface area contributed by atoms with E-state index in [0.717, 1.165) is 33.2 Å². The van der Waals surface area contributed by atoms with E-state index in [1.165, 1.54) is 11.3 Å². The van der Waals surface area contributed by atoms with Crippen LogP contribution in [0, 0.1) is 5.92 Å². The van der Waals surface area contributed by atoms with Crippen molar-refractivity contribution < 1.29 is 14.3 Å². The third-order valence-corrected chi connectivity index (χ3v) is 4.99. The Bertz CT molecular complexity index is 723. The molecule has 1 amide bonds. The van der Waals surface area contributed by atoms with Crippen molar-refractivity contribution in [3.63, 3.8) is 0 Å². The van der Waals surface area contributed by atoms with Gasteiger partial charge < -0.3 is 14.8 Å². The smallest absolute Gasteiger partial charge is 0.261 e. The topological polar surface area (TPSA) is 47.6 Å². The van der Waals surface area contributed by atoms with Crippen LogP contribution in [0.25, 0.3) is 10.4 Å². The van der Waals surface area contributed by atoms with Crippen LogP contribution in [0.1, 0.15) is 36.9 Å². The molecule has 128 valence electrons. The lowest BCUT2D eigenvalue weighted by atomic mass is 10.1. The van der Waals surface area contributed by atoms with E-state index in [2.05, 4.69) is 19.2 Å². The lowest BCUT2D eigenvalue weighted by Gasteiger charge is -2.18. The van der Waals surface area contributed by atoms with E-state index < -0.39 is 0 Å². The standard InChI is InChI=1S/C19H23NO3S/c1-12(2)10-13(3)20-19(21)18-7-6-17(24-18)14-4-5-15-16(11-14)23-9-8-22-15/h4-7,11-13H,8-10H2,1-3H3,(H,20,21)/t13-/m1/s1. The summed E-state index contributed by atoms with van der Waals surface area (Å²) < 4.78 is 11.2. The minimum atomic E-state index is -0.00283. The number of rotatable bonds is 5. The van der Waals surface area contributed by atoms with Crippen LogP contribution in [-0.4, -0.2) is 25.2 Å². The van der Waals surface area contributed by atoms with E-state index in [9.17, 15) is 4.79 Å². The summed E-state index contributed by atoms with van der Waals surface area (Å²) in [6.45, 7) is 7.53. The number of thiophene rings is 1. The fourth-order valence-corrected chi connectivity index (χ4v) is 3.78. The predicted molar refractivity (Wildman–Crippen MR) is 97.1 cm³/mol. The Hall–Kier alpha value is -2.01. The average Bonchev–Trinajstić information content (AvgIpc) is 3.03. The van der Waals surface area contributed by atoms with Crippen LogP contribution in [0.4, 0.5) is 0 Å². The summed E-state index contributed by atoms with van der Waals surface area (Å²) in [4.78, 5) is 14.2. The number of ether oxygens (including phenoxy) is 2. The molecule has 5 heteroatoms. The normalized spacial score (nSPS) is 14.5. The van der Waals surface area contributed by atoms with Gasteiger partial charge in [-0.05, 0) is 55.2 Å². The maximum Gasteiger partial charge on any atom is 0.261 e. The Kier molecular flexibility index (Phi) is 5.09. The Morgan fingerprint density at radius 3 is 2.62 bits per heavy atom. The zero-order chi connectivity index (χ0) is 17.1. The quantitative estimate of drug-likeness (QED) is 0.876. The van der Waals surface area contributed by atoms with Crippen molar-refractivity contribution in [1.29, 1.82) is 0 Å². The molecule has 1 aliphatic rings. The Morgan fingerprint density at radius 1 is 1.12 bits per heavy atom. The summed E-state index contributed by atoms with van der Waals surface area (Å²) in [5, 5.41) is 3.07. The number of carbonyl (C=O) groups is 1. The molecule has 24 heavy (non-hydrogen) atoms. The van der Waals surface area contributed by atoms with Gasteiger partial charge in [-0.25, -0.2) is 0 Å². The molecule has 0 aliphatic carbocycles. The molecule has 2 heterocycles. The summed E-state index contributed by atoms with van der Waals surface area (Å²) in [6.07, 6.45) is 0.978. The second-order valence-corrected chi connectivity index (χ2v) is 7.61. The monoisotopic (exact) mass is 345 g/mol. The number of hydrogen-bond acceptors (Lipinski definition) is 4. The minimum absolute atomic E-state index is 0.00283. The second-order valence-electron chi connectivity index (χ2n) is 6.53. The molecule has 4 nitrogen and oxygen atoms in total. The van der Waals surface area contributed by atoms with Gasteiger partial charge in [0.25, 0.3) is 5.91 Å². The van der Waals surface area contributed by atoms with Gasteiger partial charge in [-0.2, -0.15) is 0 Å². The SMILES string of the molecule is CC(C)C[C@@H](C)NC(=O)c1ccc(-c2ccc3c(c2)OCCO3)s1. The summed E-state index contributed by atoms with van der Waals surface area (Å²) >= 11 is 1.50. The van der Waals surface area contributed by atoms with E-state index in [4.69, 9.17) is 9.47 Å². The zero-order valence-corrected chi connectivity index (χ0v) is 15.1. The summed E-state index contributed by atoms with van der Waals surface area (Å²) in [5.41, 5.74) is 1.04. The number of hydrogen-bond donors (Lipinski definition) is 1. The first kappa shape index (κ1) is 16.8. The highest BCUT2D eigenvalue weighted by Crippen LogP contribution is 2.36. The molecule has 0 fully saturated rings. The molecule has 2 aromatic rings. The van der Waals surface area contributed by atoms with Gasteiger partial charge in [-0.1, -0.05) is 13.8 Å². The third-order valence-electron chi connectivity index (χ3n) is 3.86. The van der Waals surface area contributed by atoms with Gasteiger partial charge in [0.15, 0.2) is 11.5 Å². The van der Waals surface area contributed by atoms with Gasteiger partial charge >= 0.3 is 0 Å². The first-order chi connectivity index (χ1) is 11.5. The van der Waals surface area contributed by atoms with E-state index in [-0.39, 0.29) is 11.9 Å². The average molecular weight is 345 g/mol. The molecule has 1 aliphatic heterocycles. The molecule has 3 rings (SSSR count). The highest BCUT2D eigenvalue weighted by molar-refractivity contribution is 7.17. The fraction of sp³-hybridized carbons (Fsp3) is 0.421. The van der Waals surface area contributed by atoms with Crippen molar-refractivity contribution in [3.05, 3.63) is 35.2 Å². The highest BCUT2D eigenvalue weighted by Gasteiger charge is 2.16. The van der Waals surface area contributed by atoms with Gasteiger partial charge in [0.2, 0.25) is 0 Å². The van der Waals surface area contributed by atoms with Crippen LogP contribution in [0.15, 0.2) is 30.3 Å². The lowest BCUT2D eigenvalue weighted by molar-refractivity contribution is 0.0940. The number of nitrogens with one attached hydrogen (secondary N) is 1. The largest absolute Gasteiger partial charge is 0.486 e. The van der Waals surface area contributed by atoms with E-state index >= 15 is 0 Å². The van der Waals surface area contributed by atoms with Gasteiger partial charge in [-0.3, -0.25) is 4.79 Å². The van der Waals surface area contributed by atoms with Crippen LogP contribution in [0.2, 0.25) is 0 Å².